The molecule has 1 saturated heterocycles. The van der Waals surface area contributed by atoms with Gasteiger partial charge in [-0.1, -0.05) is 5.11 Å². The lowest BCUT2D eigenvalue weighted by Gasteiger charge is -2.10. The highest BCUT2D eigenvalue weighted by Crippen LogP contribution is 2.19. The predicted molar refractivity (Wildman–Crippen MR) is 46.5 cm³/mol. The van der Waals surface area contributed by atoms with Crippen LogP contribution in [-0.2, 0) is 14.3 Å². The van der Waals surface area contributed by atoms with E-state index >= 15 is 0 Å². The fourth-order valence-corrected chi connectivity index (χ4v) is 1.25. The van der Waals surface area contributed by atoms with Gasteiger partial charge in [-0.3, -0.25) is 4.79 Å². The number of nitrogens with one attached hydrogen (secondary N) is 1. The van der Waals surface area contributed by atoms with Crippen molar-refractivity contribution in [1.29, 1.82) is 0 Å². The van der Waals surface area contributed by atoms with Crippen molar-refractivity contribution in [2.45, 2.75) is 24.7 Å². The third kappa shape index (κ3) is 3.52. The molecule has 0 aromatic carbocycles. The van der Waals surface area contributed by atoms with Gasteiger partial charge in [0.1, 0.15) is 12.1 Å². The molecule has 2 atom stereocenters. The van der Waals surface area contributed by atoms with E-state index in [2.05, 4.69) is 14.8 Å². The van der Waals surface area contributed by atoms with Crippen LogP contribution >= 0.6 is 0 Å². The lowest BCUT2D eigenvalue weighted by molar-refractivity contribution is -0.175. The van der Waals surface area contributed by atoms with Crippen molar-refractivity contribution < 1.29 is 27.5 Å². The molecule has 17 heavy (non-hydrogen) atoms. The summed E-state index contributed by atoms with van der Waals surface area (Å²) >= 11 is 0. The highest BCUT2D eigenvalue weighted by molar-refractivity contribution is 5.88. The number of hydrogen-bond donors (Lipinski definition) is 1. The zero-order chi connectivity index (χ0) is 13.1. The summed E-state index contributed by atoms with van der Waals surface area (Å²) in [6.45, 7) is -0.180. The van der Waals surface area contributed by atoms with E-state index in [9.17, 15) is 22.8 Å². The van der Waals surface area contributed by atoms with E-state index in [-0.39, 0.29) is 13.0 Å². The molecule has 0 aliphatic carbocycles. The van der Waals surface area contributed by atoms with Gasteiger partial charge in [-0.25, -0.2) is 4.79 Å². The van der Waals surface area contributed by atoms with Gasteiger partial charge in [-0.05, 0) is 5.53 Å². The molecule has 0 aromatic heterocycles. The minimum Gasteiger partial charge on any atom is -0.461 e. The van der Waals surface area contributed by atoms with E-state index < -0.39 is 30.2 Å². The lowest BCUT2D eigenvalue weighted by atomic mass is 10.1. The number of esters is 1. The Labute approximate surface area is 92.5 Å². The molecule has 1 aliphatic heterocycles. The van der Waals surface area contributed by atoms with Crippen LogP contribution in [0.4, 0.5) is 13.2 Å². The number of halogens is 3. The summed E-state index contributed by atoms with van der Waals surface area (Å²) < 4.78 is 40.3. The first-order valence-corrected chi connectivity index (χ1v) is 4.43. The molecule has 10 heteroatoms. The van der Waals surface area contributed by atoms with Crippen molar-refractivity contribution in [3.05, 3.63) is 10.4 Å². The number of nitrogens with zero attached hydrogens (tertiary/aromatic N) is 3. The van der Waals surface area contributed by atoms with Gasteiger partial charge in [-0.15, -0.1) is 0 Å². The molecule has 0 bridgehead atoms. The Balaban J connectivity index is 2.54. The molecule has 1 N–H and O–H groups in total. The van der Waals surface area contributed by atoms with Crippen LogP contribution in [0.1, 0.15) is 6.42 Å². The molecular weight excluding hydrogens is 245 g/mol. The van der Waals surface area contributed by atoms with E-state index in [0.717, 1.165) is 0 Å². The van der Waals surface area contributed by atoms with Gasteiger partial charge >= 0.3 is 18.1 Å². The third-order valence-corrected chi connectivity index (χ3v) is 1.98. The SMILES string of the molecule is [N-]=[N+]=NC[C@@H]1C[C@H](NC(=O)C(F)(F)F)C(=O)O1. The van der Waals surface area contributed by atoms with Gasteiger partial charge in [0.25, 0.3) is 0 Å². The van der Waals surface area contributed by atoms with Gasteiger partial charge in [0.2, 0.25) is 0 Å². The molecule has 0 aromatic rings. The summed E-state index contributed by atoms with van der Waals surface area (Å²) in [5, 5.41) is 4.62. The fraction of sp³-hybridized carbons (Fsp3) is 0.714. The minimum atomic E-state index is -5.05. The van der Waals surface area contributed by atoms with E-state index in [1.54, 1.807) is 0 Å². The molecule has 7 nitrogen and oxygen atoms in total. The Morgan fingerprint density at radius 1 is 1.65 bits per heavy atom. The second-order valence-electron chi connectivity index (χ2n) is 3.23. The van der Waals surface area contributed by atoms with Crippen LogP contribution in [0, 0.1) is 0 Å². The van der Waals surface area contributed by atoms with Gasteiger partial charge in [0.15, 0.2) is 0 Å². The second-order valence-corrected chi connectivity index (χ2v) is 3.23. The molecule has 94 valence electrons. The molecule has 1 aliphatic rings. The summed E-state index contributed by atoms with van der Waals surface area (Å²) in [6.07, 6.45) is -6.01. The highest BCUT2D eigenvalue weighted by Gasteiger charge is 2.43. The normalized spacial score (nSPS) is 23.8. The van der Waals surface area contributed by atoms with Crippen LogP contribution in [0.25, 0.3) is 10.4 Å². The minimum absolute atomic E-state index is 0.153. The first kappa shape index (κ1) is 13.1. The largest absolute Gasteiger partial charge is 0.471 e. The Hall–Kier alpha value is -1.96. The molecular formula is C7H7F3N4O3. The number of azide groups is 1. The summed E-state index contributed by atoms with van der Waals surface area (Å²) in [6, 6.07) is -1.36. The van der Waals surface area contributed by atoms with Crippen molar-refractivity contribution in [2.75, 3.05) is 6.54 Å². The smallest absolute Gasteiger partial charge is 0.461 e. The quantitative estimate of drug-likeness (QED) is 0.345. The van der Waals surface area contributed by atoms with Crippen molar-refractivity contribution in [1.82, 2.24) is 5.32 Å². The predicted octanol–water partition coefficient (Wildman–Crippen LogP) is 0.659. The van der Waals surface area contributed by atoms with Gasteiger partial charge in [0.05, 0.1) is 6.54 Å². The zero-order valence-corrected chi connectivity index (χ0v) is 8.27. The maximum atomic E-state index is 11.9. The van der Waals surface area contributed by atoms with Crippen LogP contribution in [-0.4, -0.2) is 36.7 Å². The standard InChI is InChI=1S/C7H7F3N4O3/c8-7(9,10)6(16)13-4-1-3(2-12-14-11)17-5(4)15/h3-4H,1-2H2,(H,13,16)/t3-,4-/m0/s1. The van der Waals surface area contributed by atoms with Gasteiger partial charge in [-0.2, -0.15) is 13.2 Å². The maximum Gasteiger partial charge on any atom is 0.471 e. The van der Waals surface area contributed by atoms with Crippen LogP contribution < -0.4 is 5.32 Å². The van der Waals surface area contributed by atoms with Crippen LogP contribution in [0.5, 0.6) is 0 Å². The topological polar surface area (TPSA) is 104 Å². The van der Waals surface area contributed by atoms with Crippen molar-refractivity contribution in [2.24, 2.45) is 5.11 Å². The van der Waals surface area contributed by atoms with Crippen LogP contribution in [0.2, 0.25) is 0 Å². The van der Waals surface area contributed by atoms with E-state index in [1.807, 2.05) is 0 Å². The Morgan fingerprint density at radius 2 is 2.29 bits per heavy atom. The summed E-state index contributed by atoms with van der Waals surface area (Å²) in [7, 11) is 0. The molecule has 1 fully saturated rings. The van der Waals surface area contributed by atoms with E-state index in [0.29, 0.717) is 0 Å². The molecule has 0 spiro atoms. The lowest BCUT2D eigenvalue weighted by Crippen LogP contribution is -2.45. The van der Waals surface area contributed by atoms with Gasteiger partial charge < -0.3 is 10.1 Å². The Morgan fingerprint density at radius 3 is 2.82 bits per heavy atom. The molecule has 1 rings (SSSR count). The number of ether oxygens (including phenoxy) is 1. The average Bonchev–Trinajstić information content (AvgIpc) is 2.55. The molecule has 1 heterocycles. The summed E-state index contributed by atoms with van der Waals surface area (Å²) in [4.78, 5) is 24.0. The number of amides is 1. The molecule has 0 unspecified atom stereocenters. The number of carbonyl (C=O) groups excluding carboxylic acids is 2. The van der Waals surface area contributed by atoms with Crippen molar-refractivity contribution >= 4 is 11.9 Å². The Kier molecular flexibility index (Phi) is 3.79. The van der Waals surface area contributed by atoms with E-state index in [4.69, 9.17) is 5.53 Å². The Bertz CT molecular complexity index is 377. The van der Waals surface area contributed by atoms with Crippen LogP contribution in [0.3, 0.4) is 0 Å². The number of cyclic esters (lactones) is 1. The van der Waals surface area contributed by atoms with Crippen molar-refractivity contribution in [3.8, 4) is 0 Å². The zero-order valence-electron chi connectivity index (χ0n) is 8.27. The first-order chi connectivity index (χ1) is 7.84. The number of carbonyl (C=O) groups is 2. The number of hydrogen-bond acceptors (Lipinski definition) is 4. The number of alkyl halides is 3. The number of rotatable bonds is 3. The van der Waals surface area contributed by atoms with Crippen LogP contribution in [0.15, 0.2) is 5.11 Å². The third-order valence-electron chi connectivity index (χ3n) is 1.98. The van der Waals surface area contributed by atoms with E-state index in [1.165, 1.54) is 5.32 Å². The average molecular weight is 252 g/mol. The highest BCUT2D eigenvalue weighted by atomic mass is 19.4. The maximum absolute atomic E-state index is 11.9. The van der Waals surface area contributed by atoms with Gasteiger partial charge in [0, 0.05) is 11.3 Å². The van der Waals surface area contributed by atoms with Crippen molar-refractivity contribution in [3.63, 3.8) is 0 Å². The monoisotopic (exact) mass is 252 g/mol. The molecule has 0 saturated carbocycles. The summed E-state index contributed by atoms with van der Waals surface area (Å²) in [5.41, 5.74) is 8.01. The second kappa shape index (κ2) is 4.91. The molecule has 0 radical (unpaired) electrons. The summed E-state index contributed by atoms with van der Waals surface area (Å²) in [5.74, 6) is -3.18. The molecule has 1 amide bonds. The fourth-order valence-electron chi connectivity index (χ4n) is 1.25. The first-order valence-electron chi connectivity index (χ1n) is 4.43.